The topological polar surface area (TPSA) is 47.9 Å². The summed E-state index contributed by atoms with van der Waals surface area (Å²) in [6.07, 6.45) is 1.81. The van der Waals surface area contributed by atoms with Gasteiger partial charge in [0.15, 0.2) is 11.5 Å². The fourth-order valence-corrected chi connectivity index (χ4v) is 3.13. The van der Waals surface area contributed by atoms with Gasteiger partial charge in [0.25, 0.3) is 5.91 Å². The highest BCUT2D eigenvalue weighted by molar-refractivity contribution is 8.19. The molecule has 1 aliphatic heterocycles. The predicted octanol–water partition coefficient (Wildman–Crippen LogP) is 3.76. The minimum Gasteiger partial charge on any atom is -0.493 e. The van der Waals surface area contributed by atoms with E-state index in [9.17, 15) is 4.79 Å². The number of amides is 1. The Morgan fingerprint density at radius 2 is 1.74 bits per heavy atom. The third-order valence-corrected chi connectivity index (χ3v) is 4.38. The van der Waals surface area contributed by atoms with Gasteiger partial charge in [-0.3, -0.25) is 4.79 Å². The Kier molecular flexibility index (Phi) is 4.48. The van der Waals surface area contributed by atoms with Crippen LogP contribution in [0.25, 0.3) is 6.08 Å². The van der Waals surface area contributed by atoms with E-state index in [-0.39, 0.29) is 5.91 Å². The molecule has 0 N–H and O–H groups in total. The summed E-state index contributed by atoms with van der Waals surface area (Å²) in [7, 11) is 3.17. The van der Waals surface area contributed by atoms with Crippen molar-refractivity contribution in [1.82, 2.24) is 0 Å². The molecule has 0 atom stereocenters. The van der Waals surface area contributed by atoms with Crippen LogP contribution in [0, 0.1) is 0 Å². The van der Waals surface area contributed by atoms with Gasteiger partial charge in [-0.05, 0) is 23.8 Å². The maximum absolute atomic E-state index is 12.1. The normalized spacial score (nSPS) is 15.7. The molecule has 0 saturated heterocycles. The molecule has 0 radical (unpaired) electrons. The van der Waals surface area contributed by atoms with Gasteiger partial charge in [0.2, 0.25) is 0 Å². The zero-order chi connectivity index (χ0) is 16.2. The number of hydrogen-bond donors (Lipinski definition) is 0. The van der Waals surface area contributed by atoms with Gasteiger partial charge in [0.1, 0.15) is 5.04 Å². The lowest BCUT2D eigenvalue weighted by Gasteiger charge is -2.07. The molecule has 0 aliphatic carbocycles. The number of thioether (sulfide) groups is 1. The van der Waals surface area contributed by atoms with Crippen molar-refractivity contribution >= 4 is 28.8 Å². The summed E-state index contributed by atoms with van der Waals surface area (Å²) in [5.41, 5.74) is 1.81. The van der Waals surface area contributed by atoms with Crippen LogP contribution < -0.4 is 9.47 Å². The van der Waals surface area contributed by atoms with Gasteiger partial charge < -0.3 is 9.47 Å². The number of methoxy groups -OCH3 is 2. The zero-order valence-electron chi connectivity index (χ0n) is 12.8. The molecule has 0 spiro atoms. The smallest absolute Gasteiger partial charge is 0.284 e. The number of nitrogens with zero attached hydrogens (tertiary/aromatic N) is 1. The SMILES string of the molecule is COc1ccc(C=C2SC(c3ccccc3)=NC2=O)cc1OC. The van der Waals surface area contributed by atoms with E-state index < -0.39 is 0 Å². The number of carbonyl (C=O) groups is 1. The first-order valence-electron chi connectivity index (χ1n) is 7.01. The number of hydrogen-bond acceptors (Lipinski definition) is 4. The quantitative estimate of drug-likeness (QED) is 0.803. The summed E-state index contributed by atoms with van der Waals surface area (Å²) in [6.45, 7) is 0. The van der Waals surface area contributed by atoms with Gasteiger partial charge in [0.05, 0.1) is 19.1 Å². The molecule has 0 unspecified atom stereocenters. The van der Waals surface area contributed by atoms with Crippen molar-refractivity contribution in [3.63, 3.8) is 0 Å². The van der Waals surface area contributed by atoms with Gasteiger partial charge in [0, 0.05) is 5.56 Å². The van der Waals surface area contributed by atoms with Gasteiger partial charge in [-0.2, -0.15) is 0 Å². The molecule has 2 aromatic carbocycles. The van der Waals surface area contributed by atoms with Crippen LogP contribution in [0.5, 0.6) is 11.5 Å². The van der Waals surface area contributed by atoms with Crippen molar-refractivity contribution < 1.29 is 14.3 Å². The molecular formula is C18H15NO3S. The molecule has 1 aliphatic rings. The Morgan fingerprint density at radius 1 is 1.00 bits per heavy atom. The summed E-state index contributed by atoms with van der Waals surface area (Å²) in [5, 5.41) is 0.724. The molecule has 1 heterocycles. The Morgan fingerprint density at radius 3 is 2.43 bits per heavy atom. The van der Waals surface area contributed by atoms with Gasteiger partial charge in [-0.1, -0.05) is 48.2 Å². The molecule has 116 valence electrons. The van der Waals surface area contributed by atoms with Crippen LogP contribution in [0.3, 0.4) is 0 Å². The molecule has 0 saturated carbocycles. The second kappa shape index (κ2) is 6.71. The number of carbonyl (C=O) groups excluding carboxylic acids is 1. The van der Waals surface area contributed by atoms with Crippen molar-refractivity contribution in [3.05, 3.63) is 64.6 Å². The lowest BCUT2D eigenvalue weighted by molar-refractivity contribution is -0.113. The molecule has 2 aromatic rings. The molecule has 5 heteroatoms. The fourth-order valence-electron chi connectivity index (χ4n) is 2.21. The fraction of sp³-hybridized carbons (Fsp3) is 0.111. The summed E-state index contributed by atoms with van der Waals surface area (Å²) >= 11 is 1.38. The van der Waals surface area contributed by atoms with Crippen LogP contribution in [0.1, 0.15) is 11.1 Å². The molecule has 0 fully saturated rings. The van der Waals surface area contributed by atoms with Crippen LogP contribution >= 0.6 is 11.8 Å². The Bertz CT molecular complexity index is 797. The second-order valence-corrected chi connectivity index (χ2v) is 5.84. The summed E-state index contributed by atoms with van der Waals surface area (Å²) < 4.78 is 10.5. The number of aliphatic imine (C=N–C) groups is 1. The molecule has 3 rings (SSSR count). The van der Waals surface area contributed by atoms with E-state index in [0.29, 0.717) is 16.4 Å². The maximum Gasteiger partial charge on any atom is 0.284 e. The average molecular weight is 325 g/mol. The molecule has 1 amide bonds. The first kappa shape index (κ1) is 15.4. The summed E-state index contributed by atoms with van der Waals surface area (Å²) in [5.74, 6) is 1.06. The monoisotopic (exact) mass is 325 g/mol. The number of rotatable bonds is 4. The van der Waals surface area contributed by atoms with E-state index in [1.807, 2.05) is 54.6 Å². The van der Waals surface area contributed by atoms with Crippen LogP contribution in [0.4, 0.5) is 0 Å². The van der Waals surface area contributed by atoms with Crippen LogP contribution in [0.2, 0.25) is 0 Å². The van der Waals surface area contributed by atoms with Crippen molar-refractivity contribution in [2.24, 2.45) is 4.99 Å². The minimum atomic E-state index is -0.219. The van der Waals surface area contributed by atoms with E-state index >= 15 is 0 Å². The zero-order valence-corrected chi connectivity index (χ0v) is 13.6. The summed E-state index contributed by atoms with van der Waals surface area (Å²) in [4.78, 5) is 16.8. The summed E-state index contributed by atoms with van der Waals surface area (Å²) in [6, 6.07) is 15.2. The lowest BCUT2D eigenvalue weighted by atomic mass is 10.2. The first-order chi connectivity index (χ1) is 11.2. The lowest BCUT2D eigenvalue weighted by Crippen LogP contribution is -1.92. The van der Waals surface area contributed by atoms with Crippen LogP contribution in [-0.4, -0.2) is 25.2 Å². The highest BCUT2D eigenvalue weighted by Gasteiger charge is 2.22. The van der Waals surface area contributed by atoms with Crippen molar-refractivity contribution in [3.8, 4) is 11.5 Å². The van der Waals surface area contributed by atoms with Crippen LogP contribution in [-0.2, 0) is 4.79 Å². The Balaban J connectivity index is 1.86. The molecule has 0 aromatic heterocycles. The standard InChI is InChI=1S/C18H15NO3S/c1-21-14-9-8-12(10-15(14)22-2)11-16-17(20)19-18(23-16)13-6-4-3-5-7-13/h3-11H,1-2H3. The first-order valence-corrected chi connectivity index (χ1v) is 7.83. The van der Waals surface area contributed by atoms with E-state index in [0.717, 1.165) is 16.2 Å². The predicted molar refractivity (Wildman–Crippen MR) is 93.1 cm³/mol. The highest BCUT2D eigenvalue weighted by Crippen LogP contribution is 2.34. The minimum absolute atomic E-state index is 0.219. The van der Waals surface area contributed by atoms with Crippen molar-refractivity contribution in [2.45, 2.75) is 0 Å². The van der Waals surface area contributed by atoms with Crippen LogP contribution in [0.15, 0.2) is 58.4 Å². The van der Waals surface area contributed by atoms with E-state index in [4.69, 9.17) is 9.47 Å². The number of ether oxygens (including phenoxy) is 2. The number of benzene rings is 2. The van der Waals surface area contributed by atoms with Crippen molar-refractivity contribution in [2.75, 3.05) is 14.2 Å². The van der Waals surface area contributed by atoms with Crippen molar-refractivity contribution in [1.29, 1.82) is 0 Å². The van der Waals surface area contributed by atoms with E-state index in [1.165, 1.54) is 11.8 Å². The van der Waals surface area contributed by atoms with Gasteiger partial charge in [-0.15, -0.1) is 0 Å². The largest absolute Gasteiger partial charge is 0.493 e. The third-order valence-electron chi connectivity index (χ3n) is 3.35. The maximum atomic E-state index is 12.1. The average Bonchev–Trinajstić information content (AvgIpc) is 2.96. The molecule has 23 heavy (non-hydrogen) atoms. The van der Waals surface area contributed by atoms with E-state index in [1.54, 1.807) is 14.2 Å². The van der Waals surface area contributed by atoms with Gasteiger partial charge in [-0.25, -0.2) is 4.99 Å². The Hall–Kier alpha value is -2.53. The third kappa shape index (κ3) is 3.29. The van der Waals surface area contributed by atoms with Gasteiger partial charge >= 0.3 is 0 Å². The second-order valence-electron chi connectivity index (χ2n) is 4.81. The highest BCUT2D eigenvalue weighted by atomic mass is 32.2. The Labute approximate surface area is 138 Å². The van der Waals surface area contributed by atoms with E-state index in [2.05, 4.69) is 4.99 Å². The molecule has 4 nitrogen and oxygen atoms in total. The molecule has 0 bridgehead atoms. The molecular weight excluding hydrogens is 310 g/mol.